The Bertz CT molecular complexity index is 715. The van der Waals surface area contributed by atoms with E-state index in [2.05, 4.69) is 5.32 Å². The van der Waals surface area contributed by atoms with E-state index in [0.717, 1.165) is 22.8 Å². The van der Waals surface area contributed by atoms with E-state index in [1.807, 2.05) is 56.3 Å². The summed E-state index contributed by atoms with van der Waals surface area (Å²) in [6, 6.07) is 14.0. The number of nitrogens with one attached hydrogen (secondary N) is 1. The number of benzene rings is 2. The topological polar surface area (TPSA) is 69.6 Å². The van der Waals surface area contributed by atoms with Crippen molar-refractivity contribution in [3.63, 3.8) is 0 Å². The van der Waals surface area contributed by atoms with Crippen LogP contribution in [0.1, 0.15) is 31.9 Å². The Morgan fingerprint density at radius 2 is 1.80 bits per heavy atom. The molecule has 25 heavy (non-hydrogen) atoms. The van der Waals surface area contributed by atoms with E-state index in [0.29, 0.717) is 6.54 Å². The van der Waals surface area contributed by atoms with E-state index in [9.17, 15) is 9.59 Å². The number of halogens is 1. The number of hydrogen-bond acceptors (Lipinski definition) is 3. The van der Waals surface area contributed by atoms with Crippen molar-refractivity contribution in [2.75, 3.05) is 19.6 Å². The van der Waals surface area contributed by atoms with Crippen LogP contribution in [0.25, 0.3) is 10.8 Å². The zero-order valence-electron chi connectivity index (χ0n) is 14.6. The second kappa shape index (κ2) is 10.0. The quantitative estimate of drug-likeness (QED) is 0.754. The SMILES string of the molecule is CCCN(CC(=O)O)CC(=O)NC(C)c1cccc2ccccc12.Cl. The van der Waals surface area contributed by atoms with E-state index in [1.54, 1.807) is 4.90 Å². The fourth-order valence-corrected chi connectivity index (χ4v) is 2.92. The molecule has 0 aliphatic rings. The van der Waals surface area contributed by atoms with Crippen molar-refractivity contribution < 1.29 is 14.7 Å². The minimum Gasteiger partial charge on any atom is -0.480 e. The molecule has 0 bridgehead atoms. The first-order valence-corrected chi connectivity index (χ1v) is 8.22. The minimum absolute atomic E-state index is 0. The van der Waals surface area contributed by atoms with Gasteiger partial charge >= 0.3 is 5.97 Å². The van der Waals surface area contributed by atoms with Crippen LogP contribution in [-0.2, 0) is 9.59 Å². The Labute approximate surface area is 154 Å². The van der Waals surface area contributed by atoms with Crippen LogP contribution < -0.4 is 5.32 Å². The number of carboxylic acid groups (broad SMARTS) is 1. The minimum atomic E-state index is -0.918. The van der Waals surface area contributed by atoms with Crippen LogP contribution in [-0.4, -0.2) is 41.5 Å². The summed E-state index contributed by atoms with van der Waals surface area (Å²) in [4.78, 5) is 24.8. The van der Waals surface area contributed by atoms with Gasteiger partial charge < -0.3 is 10.4 Å². The van der Waals surface area contributed by atoms with E-state index >= 15 is 0 Å². The molecule has 2 aromatic carbocycles. The molecule has 1 amide bonds. The number of carbonyl (C=O) groups excluding carboxylic acids is 1. The Morgan fingerprint density at radius 3 is 2.48 bits per heavy atom. The fourth-order valence-electron chi connectivity index (χ4n) is 2.92. The summed E-state index contributed by atoms with van der Waals surface area (Å²) in [5.74, 6) is -1.08. The summed E-state index contributed by atoms with van der Waals surface area (Å²) in [6.45, 7) is 4.47. The molecule has 0 spiro atoms. The number of hydrogen-bond donors (Lipinski definition) is 2. The van der Waals surface area contributed by atoms with Crippen LogP contribution in [0.3, 0.4) is 0 Å². The van der Waals surface area contributed by atoms with Gasteiger partial charge in [-0.25, -0.2) is 0 Å². The highest BCUT2D eigenvalue weighted by Gasteiger charge is 2.16. The maximum atomic E-state index is 12.3. The molecule has 2 N–H and O–H groups in total. The van der Waals surface area contributed by atoms with Crippen molar-refractivity contribution in [3.8, 4) is 0 Å². The molecule has 0 aliphatic heterocycles. The number of rotatable bonds is 8. The smallest absolute Gasteiger partial charge is 0.317 e. The molecule has 0 aliphatic carbocycles. The van der Waals surface area contributed by atoms with E-state index in [1.165, 1.54) is 0 Å². The monoisotopic (exact) mass is 364 g/mol. The maximum Gasteiger partial charge on any atom is 0.317 e. The van der Waals surface area contributed by atoms with Gasteiger partial charge in [0.2, 0.25) is 5.91 Å². The normalized spacial score (nSPS) is 11.8. The molecule has 0 saturated carbocycles. The summed E-state index contributed by atoms with van der Waals surface area (Å²) < 4.78 is 0. The van der Waals surface area contributed by atoms with Crippen LogP contribution >= 0.6 is 12.4 Å². The molecule has 6 heteroatoms. The molecule has 1 atom stereocenters. The Morgan fingerprint density at radius 1 is 1.12 bits per heavy atom. The number of fused-ring (bicyclic) bond motifs is 1. The lowest BCUT2D eigenvalue weighted by Gasteiger charge is -2.21. The van der Waals surface area contributed by atoms with Crippen LogP contribution in [0.4, 0.5) is 0 Å². The first-order chi connectivity index (χ1) is 11.5. The average Bonchev–Trinajstić information content (AvgIpc) is 2.53. The molecule has 2 rings (SSSR count). The van der Waals surface area contributed by atoms with Gasteiger partial charge in [0.15, 0.2) is 0 Å². The summed E-state index contributed by atoms with van der Waals surface area (Å²) in [5.41, 5.74) is 1.06. The number of carboxylic acids is 1. The van der Waals surface area contributed by atoms with Crippen molar-refractivity contribution >= 4 is 35.1 Å². The molecule has 0 radical (unpaired) electrons. The van der Waals surface area contributed by atoms with Gasteiger partial charge in [0.25, 0.3) is 0 Å². The highest BCUT2D eigenvalue weighted by Crippen LogP contribution is 2.23. The van der Waals surface area contributed by atoms with Gasteiger partial charge in [0, 0.05) is 0 Å². The lowest BCUT2D eigenvalue weighted by molar-refractivity contribution is -0.138. The molecular formula is C19H25ClN2O3. The summed E-state index contributed by atoms with van der Waals surface area (Å²) in [5, 5.41) is 14.2. The molecular weight excluding hydrogens is 340 g/mol. The number of nitrogens with zero attached hydrogens (tertiary/aromatic N) is 1. The van der Waals surface area contributed by atoms with Crippen molar-refractivity contribution in [2.45, 2.75) is 26.3 Å². The summed E-state index contributed by atoms with van der Waals surface area (Å²) in [6.07, 6.45) is 0.805. The van der Waals surface area contributed by atoms with E-state index < -0.39 is 5.97 Å². The third kappa shape index (κ3) is 6.03. The zero-order chi connectivity index (χ0) is 17.5. The fraction of sp³-hybridized carbons (Fsp3) is 0.368. The summed E-state index contributed by atoms with van der Waals surface area (Å²) in [7, 11) is 0. The predicted octanol–water partition coefficient (Wildman–Crippen LogP) is 3.24. The highest BCUT2D eigenvalue weighted by atomic mass is 35.5. The Balaban J connectivity index is 0.00000312. The maximum absolute atomic E-state index is 12.3. The van der Waals surface area contributed by atoms with Crippen LogP contribution in [0.2, 0.25) is 0 Å². The van der Waals surface area contributed by atoms with Crippen LogP contribution in [0.15, 0.2) is 42.5 Å². The first-order valence-electron chi connectivity index (χ1n) is 8.22. The van der Waals surface area contributed by atoms with Gasteiger partial charge in [-0.2, -0.15) is 0 Å². The van der Waals surface area contributed by atoms with Gasteiger partial charge in [0.1, 0.15) is 0 Å². The Hall–Kier alpha value is -2.11. The number of amides is 1. The third-order valence-electron chi connectivity index (χ3n) is 3.93. The van der Waals surface area contributed by atoms with E-state index in [4.69, 9.17) is 5.11 Å². The number of carbonyl (C=O) groups is 2. The van der Waals surface area contributed by atoms with Gasteiger partial charge in [-0.3, -0.25) is 14.5 Å². The van der Waals surface area contributed by atoms with Gasteiger partial charge in [-0.05, 0) is 36.2 Å². The molecule has 136 valence electrons. The van der Waals surface area contributed by atoms with Crippen molar-refractivity contribution in [1.29, 1.82) is 0 Å². The largest absolute Gasteiger partial charge is 0.480 e. The average molecular weight is 365 g/mol. The molecule has 2 aromatic rings. The summed E-state index contributed by atoms with van der Waals surface area (Å²) >= 11 is 0. The Kier molecular flexibility index (Phi) is 8.38. The van der Waals surface area contributed by atoms with E-state index in [-0.39, 0.29) is 37.4 Å². The molecule has 0 fully saturated rings. The molecule has 0 heterocycles. The lowest BCUT2D eigenvalue weighted by atomic mass is 10.00. The second-order valence-corrected chi connectivity index (χ2v) is 5.96. The zero-order valence-corrected chi connectivity index (χ0v) is 15.4. The van der Waals surface area contributed by atoms with Gasteiger partial charge in [-0.1, -0.05) is 49.4 Å². The van der Waals surface area contributed by atoms with Crippen LogP contribution in [0.5, 0.6) is 0 Å². The molecule has 5 nitrogen and oxygen atoms in total. The third-order valence-corrected chi connectivity index (χ3v) is 3.93. The van der Waals surface area contributed by atoms with Gasteiger partial charge in [0.05, 0.1) is 19.1 Å². The first kappa shape index (κ1) is 20.9. The molecule has 1 unspecified atom stereocenters. The molecule has 0 saturated heterocycles. The number of aliphatic carboxylic acids is 1. The van der Waals surface area contributed by atoms with Gasteiger partial charge in [-0.15, -0.1) is 12.4 Å². The predicted molar refractivity (Wildman–Crippen MR) is 102 cm³/mol. The second-order valence-electron chi connectivity index (χ2n) is 5.96. The lowest BCUT2D eigenvalue weighted by Crippen LogP contribution is -2.40. The standard InChI is InChI=1S/C19H24N2O3.ClH/c1-3-11-21(13-19(23)24)12-18(22)20-14(2)16-10-6-8-15-7-4-5-9-17(15)16;/h4-10,14H,3,11-13H2,1-2H3,(H,20,22)(H,23,24);1H. The van der Waals surface area contributed by atoms with Crippen molar-refractivity contribution in [1.82, 2.24) is 10.2 Å². The highest BCUT2D eigenvalue weighted by molar-refractivity contribution is 5.87. The van der Waals surface area contributed by atoms with Crippen LogP contribution in [0, 0.1) is 0 Å². The molecule has 0 aromatic heterocycles. The van der Waals surface area contributed by atoms with Crippen molar-refractivity contribution in [3.05, 3.63) is 48.0 Å². The van der Waals surface area contributed by atoms with Crippen molar-refractivity contribution in [2.24, 2.45) is 0 Å².